The molecule has 0 amide bonds. The number of nitrogens with one attached hydrogen (secondary N) is 1. The molecule has 4 heteroatoms. The summed E-state index contributed by atoms with van der Waals surface area (Å²) < 4.78 is 5.48. The van der Waals surface area contributed by atoms with Gasteiger partial charge in [-0.2, -0.15) is 0 Å². The van der Waals surface area contributed by atoms with Gasteiger partial charge in [0.05, 0.1) is 13.2 Å². The molecule has 2 aromatic carbocycles. The fourth-order valence-corrected chi connectivity index (χ4v) is 2.47. The van der Waals surface area contributed by atoms with E-state index < -0.39 is 0 Å². The summed E-state index contributed by atoms with van der Waals surface area (Å²) in [6.45, 7) is 3.27. The van der Waals surface area contributed by atoms with E-state index in [4.69, 9.17) is 4.74 Å². The number of benzene rings is 2. The maximum absolute atomic E-state index is 9.40. The van der Waals surface area contributed by atoms with Crippen molar-refractivity contribution >= 4 is 17.4 Å². The van der Waals surface area contributed by atoms with Crippen LogP contribution < -0.4 is 10.1 Å². The van der Waals surface area contributed by atoms with Crippen molar-refractivity contribution in [3.05, 3.63) is 53.6 Å². The Morgan fingerprint density at radius 3 is 2.52 bits per heavy atom. The van der Waals surface area contributed by atoms with Gasteiger partial charge < -0.3 is 15.2 Å². The Labute approximate surface area is 130 Å². The summed E-state index contributed by atoms with van der Waals surface area (Å²) in [4.78, 5) is 1.27. The first-order valence-electron chi connectivity index (χ1n) is 7.00. The van der Waals surface area contributed by atoms with Crippen LogP contribution in [-0.4, -0.2) is 18.0 Å². The van der Waals surface area contributed by atoms with Gasteiger partial charge in [-0.25, -0.2) is 0 Å². The third kappa shape index (κ3) is 4.41. The van der Waals surface area contributed by atoms with E-state index in [1.165, 1.54) is 10.5 Å². The first-order chi connectivity index (χ1) is 10.3. The minimum atomic E-state index is -0.0206. The lowest BCUT2D eigenvalue weighted by atomic mass is 10.1. The number of rotatable bonds is 7. The molecule has 0 saturated carbocycles. The summed E-state index contributed by atoms with van der Waals surface area (Å²) in [6.07, 6.45) is 2.07. The molecular formula is C17H21NO2S. The maximum Gasteiger partial charge on any atom is 0.124 e. The third-order valence-electron chi connectivity index (χ3n) is 3.19. The highest BCUT2D eigenvalue weighted by Crippen LogP contribution is 2.23. The summed E-state index contributed by atoms with van der Waals surface area (Å²) in [7, 11) is 0. The Morgan fingerprint density at radius 2 is 1.90 bits per heavy atom. The quantitative estimate of drug-likeness (QED) is 0.761. The Morgan fingerprint density at radius 1 is 1.14 bits per heavy atom. The largest absolute Gasteiger partial charge is 0.494 e. The van der Waals surface area contributed by atoms with Crippen LogP contribution in [0.15, 0.2) is 47.4 Å². The zero-order valence-corrected chi connectivity index (χ0v) is 13.2. The van der Waals surface area contributed by atoms with Crippen molar-refractivity contribution in [2.24, 2.45) is 0 Å². The van der Waals surface area contributed by atoms with Gasteiger partial charge >= 0.3 is 0 Å². The van der Waals surface area contributed by atoms with Crippen LogP contribution in [0.5, 0.6) is 5.75 Å². The van der Waals surface area contributed by atoms with Crippen molar-refractivity contribution in [2.75, 3.05) is 18.2 Å². The van der Waals surface area contributed by atoms with Gasteiger partial charge in [-0.15, -0.1) is 11.8 Å². The lowest BCUT2D eigenvalue weighted by Gasteiger charge is -2.12. The van der Waals surface area contributed by atoms with Gasteiger partial charge in [-0.3, -0.25) is 0 Å². The normalized spacial score (nSPS) is 10.4. The SMILES string of the molecule is CCOc1ccc(NCc2ccc(SC)cc2)cc1CO. The van der Waals surface area contributed by atoms with E-state index in [0.29, 0.717) is 6.61 Å². The van der Waals surface area contributed by atoms with E-state index in [-0.39, 0.29) is 6.61 Å². The lowest BCUT2D eigenvalue weighted by molar-refractivity contribution is 0.267. The molecule has 0 bridgehead atoms. The first-order valence-corrected chi connectivity index (χ1v) is 8.22. The van der Waals surface area contributed by atoms with Crippen LogP contribution in [0.1, 0.15) is 18.1 Å². The summed E-state index contributed by atoms with van der Waals surface area (Å²) in [5, 5.41) is 12.8. The molecule has 0 spiro atoms. The molecule has 0 aliphatic heterocycles. The van der Waals surface area contributed by atoms with Gasteiger partial charge in [-0.05, 0) is 49.1 Å². The minimum absolute atomic E-state index is 0.0206. The number of anilines is 1. The van der Waals surface area contributed by atoms with Gasteiger partial charge in [-0.1, -0.05) is 12.1 Å². The van der Waals surface area contributed by atoms with E-state index in [2.05, 4.69) is 35.8 Å². The average Bonchev–Trinajstić information content (AvgIpc) is 2.54. The molecule has 0 fully saturated rings. The van der Waals surface area contributed by atoms with E-state index in [9.17, 15) is 5.11 Å². The number of thioether (sulfide) groups is 1. The molecule has 2 rings (SSSR count). The lowest BCUT2D eigenvalue weighted by Crippen LogP contribution is -2.02. The summed E-state index contributed by atoms with van der Waals surface area (Å²) in [5.74, 6) is 0.745. The van der Waals surface area contributed by atoms with Gasteiger partial charge in [0.15, 0.2) is 0 Å². The molecule has 0 unspecified atom stereocenters. The second-order valence-electron chi connectivity index (χ2n) is 4.62. The zero-order valence-electron chi connectivity index (χ0n) is 12.4. The summed E-state index contributed by atoms with van der Waals surface area (Å²) in [5.41, 5.74) is 3.02. The van der Waals surface area contributed by atoms with Crippen molar-refractivity contribution in [2.45, 2.75) is 25.0 Å². The van der Waals surface area contributed by atoms with Crippen LogP contribution in [-0.2, 0) is 13.2 Å². The van der Waals surface area contributed by atoms with Crippen LogP contribution in [0.25, 0.3) is 0 Å². The molecule has 112 valence electrons. The predicted molar refractivity (Wildman–Crippen MR) is 89.1 cm³/mol. The van der Waals surface area contributed by atoms with E-state index in [1.807, 2.05) is 25.1 Å². The molecule has 0 aromatic heterocycles. The maximum atomic E-state index is 9.40. The molecule has 0 radical (unpaired) electrons. The number of ether oxygens (including phenoxy) is 1. The Bertz CT molecular complexity index is 570. The van der Waals surface area contributed by atoms with Crippen molar-refractivity contribution in [1.29, 1.82) is 0 Å². The molecule has 3 nitrogen and oxygen atoms in total. The third-order valence-corrected chi connectivity index (χ3v) is 3.93. The average molecular weight is 303 g/mol. The number of hydrogen-bond donors (Lipinski definition) is 2. The number of aliphatic hydroxyl groups is 1. The van der Waals surface area contributed by atoms with Crippen molar-refractivity contribution in [1.82, 2.24) is 0 Å². The summed E-state index contributed by atoms with van der Waals surface area (Å²) in [6, 6.07) is 14.3. The highest BCUT2D eigenvalue weighted by molar-refractivity contribution is 7.98. The molecule has 0 heterocycles. The number of aliphatic hydroxyl groups excluding tert-OH is 1. The van der Waals surface area contributed by atoms with E-state index in [1.54, 1.807) is 11.8 Å². The van der Waals surface area contributed by atoms with E-state index in [0.717, 1.165) is 23.5 Å². The minimum Gasteiger partial charge on any atom is -0.494 e. The Hall–Kier alpha value is -1.65. The first kappa shape index (κ1) is 15.7. The van der Waals surface area contributed by atoms with Crippen LogP contribution in [0.4, 0.5) is 5.69 Å². The molecule has 0 aliphatic rings. The van der Waals surface area contributed by atoms with Crippen molar-refractivity contribution < 1.29 is 9.84 Å². The highest BCUT2D eigenvalue weighted by Gasteiger charge is 2.04. The van der Waals surface area contributed by atoms with Gasteiger partial charge in [0.1, 0.15) is 5.75 Å². The fraction of sp³-hybridized carbons (Fsp3) is 0.294. The van der Waals surface area contributed by atoms with Crippen molar-refractivity contribution in [3.63, 3.8) is 0 Å². The summed E-state index contributed by atoms with van der Waals surface area (Å²) >= 11 is 1.74. The molecule has 0 atom stereocenters. The smallest absolute Gasteiger partial charge is 0.124 e. The second kappa shape index (κ2) is 7.96. The topological polar surface area (TPSA) is 41.5 Å². The van der Waals surface area contributed by atoms with Crippen LogP contribution in [0.3, 0.4) is 0 Å². The molecule has 2 aromatic rings. The van der Waals surface area contributed by atoms with Gasteiger partial charge in [0.2, 0.25) is 0 Å². The molecule has 0 aliphatic carbocycles. The Balaban J connectivity index is 2.01. The van der Waals surface area contributed by atoms with Crippen LogP contribution >= 0.6 is 11.8 Å². The standard InChI is InChI=1S/C17H21NO2S/c1-3-20-17-9-6-15(10-14(17)12-19)18-11-13-4-7-16(21-2)8-5-13/h4-10,18-19H,3,11-12H2,1-2H3. The number of hydrogen-bond acceptors (Lipinski definition) is 4. The Kier molecular flexibility index (Phi) is 5.96. The van der Waals surface area contributed by atoms with Crippen LogP contribution in [0, 0.1) is 0 Å². The second-order valence-corrected chi connectivity index (χ2v) is 5.49. The van der Waals surface area contributed by atoms with E-state index >= 15 is 0 Å². The monoisotopic (exact) mass is 303 g/mol. The fourth-order valence-electron chi connectivity index (χ4n) is 2.06. The molecular weight excluding hydrogens is 282 g/mol. The molecule has 2 N–H and O–H groups in total. The predicted octanol–water partition coefficient (Wildman–Crippen LogP) is 3.91. The van der Waals surface area contributed by atoms with Gasteiger partial charge in [0.25, 0.3) is 0 Å². The molecule has 21 heavy (non-hydrogen) atoms. The van der Waals surface area contributed by atoms with Crippen molar-refractivity contribution in [3.8, 4) is 5.75 Å². The highest BCUT2D eigenvalue weighted by atomic mass is 32.2. The van der Waals surface area contributed by atoms with Crippen LogP contribution in [0.2, 0.25) is 0 Å². The molecule has 0 saturated heterocycles. The van der Waals surface area contributed by atoms with Gasteiger partial charge in [0, 0.05) is 22.7 Å². The zero-order chi connectivity index (χ0) is 15.1.